The van der Waals surface area contributed by atoms with Crippen molar-refractivity contribution in [1.29, 1.82) is 0 Å². The summed E-state index contributed by atoms with van der Waals surface area (Å²) in [5.74, 6) is -0.179. The van der Waals surface area contributed by atoms with E-state index in [4.69, 9.17) is 4.74 Å². The normalized spacial score (nSPS) is 9.76. The molecule has 0 aliphatic heterocycles. The van der Waals surface area contributed by atoms with Crippen LogP contribution >= 0.6 is 0 Å². The predicted octanol–water partition coefficient (Wildman–Crippen LogP) is 2.25. The molecule has 1 aromatic heterocycles. The van der Waals surface area contributed by atoms with Crippen LogP contribution in [0.1, 0.15) is 10.4 Å². The summed E-state index contributed by atoms with van der Waals surface area (Å²) in [4.78, 5) is 26.6. The van der Waals surface area contributed by atoms with E-state index in [2.05, 4.69) is 15.6 Å². The van der Waals surface area contributed by atoms with Gasteiger partial charge in [0.1, 0.15) is 0 Å². The molecule has 21 heavy (non-hydrogen) atoms. The van der Waals surface area contributed by atoms with E-state index < -0.39 is 6.03 Å². The van der Waals surface area contributed by atoms with Crippen molar-refractivity contribution in [2.45, 2.75) is 0 Å². The molecule has 1 heterocycles. The van der Waals surface area contributed by atoms with Crippen molar-refractivity contribution in [2.75, 3.05) is 17.7 Å². The summed E-state index contributed by atoms with van der Waals surface area (Å²) >= 11 is 0. The number of anilines is 2. The van der Waals surface area contributed by atoms with Crippen LogP contribution in [0.3, 0.4) is 0 Å². The molecule has 1 aromatic carbocycles. The van der Waals surface area contributed by atoms with E-state index in [1.54, 1.807) is 18.3 Å². The molecule has 7 heteroatoms. The number of benzene rings is 1. The molecule has 2 amide bonds. The van der Waals surface area contributed by atoms with Crippen molar-refractivity contribution in [3.63, 3.8) is 0 Å². The number of phenolic OH excluding ortho intramolecular Hbond substituents is 1. The molecule has 0 bridgehead atoms. The van der Waals surface area contributed by atoms with Gasteiger partial charge in [-0.2, -0.15) is 0 Å². The minimum absolute atomic E-state index is 0.0195. The number of hydrogen-bond acceptors (Lipinski definition) is 5. The van der Waals surface area contributed by atoms with Crippen molar-refractivity contribution in [3.05, 3.63) is 42.2 Å². The number of ether oxygens (including phenoxy) is 1. The third kappa shape index (κ3) is 3.47. The number of nitrogens with one attached hydrogen (secondary N) is 2. The largest absolute Gasteiger partial charge is 0.504 e. The second-order valence-electron chi connectivity index (χ2n) is 4.06. The molecular weight excluding hydrogens is 274 g/mol. The monoisotopic (exact) mass is 287 g/mol. The summed E-state index contributed by atoms with van der Waals surface area (Å²) in [5, 5.41) is 14.8. The number of aldehydes is 1. The van der Waals surface area contributed by atoms with E-state index in [9.17, 15) is 14.7 Å². The van der Waals surface area contributed by atoms with Gasteiger partial charge < -0.3 is 20.5 Å². The average molecular weight is 287 g/mol. The van der Waals surface area contributed by atoms with E-state index in [1.165, 1.54) is 25.4 Å². The number of carbonyl (C=O) groups is 2. The fourth-order valence-corrected chi connectivity index (χ4v) is 1.68. The first-order valence-corrected chi connectivity index (χ1v) is 5.98. The highest BCUT2D eigenvalue weighted by atomic mass is 16.5. The van der Waals surface area contributed by atoms with Gasteiger partial charge in [-0.3, -0.25) is 9.78 Å². The summed E-state index contributed by atoms with van der Waals surface area (Å²) in [6.45, 7) is 0. The molecule has 108 valence electrons. The van der Waals surface area contributed by atoms with Crippen molar-refractivity contribution < 1.29 is 19.4 Å². The summed E-state index contributed by atoms with van der Waals surface area (Å²) < 4.78 is 4.94. The summed E-state index contributed by atoms with van der Waals surface area (Å²) in [7, 11) is 1.35. The molecule has 2 rings (SSSR count). The number of carbonyl (C=O) groups excluding carboxylic acids is 2. The first-order valence-electron chi connectivity index (χ1n) is 5.98. The lowest BCUT2D eigenvalue weighted by Gasteiger charge is -2.11. The van der Waals surface area contributed by atoms with Crippen LogP contribution in [0.25, 0.3) is 0 Å². The van der Waals surface area contributed by atoms with Crippen molar-refractivity contribution >= 4 is 23.7 Å². The molecule has 0 unspecified atom stereocenters. The molecule has 0 spiro atoms. The average Bonchev–Trinajstić information content (AvgIpc) is 2.49. The number of amides is 2. The van der Waals surface area contributed by atoms with E-state index in [-0.39, 0.29) is 17.1 Å². The third-order valence-corrected chi connectivity index (χ3v) is 2.63. The maximum absolute atomic E-state index is 11.8. The standard InChI is InChI=1S/C14H13N3O4/c1-21-12-6-11(5-9(8-18)13(12)19)17-14(20)16-10-3-2-4-15-7-10/h2-8,19H,1H3,(H2,16,17,20). The van der Waals surface area contributed by atoms with E-state index in [0.717, 1.165) is 0 Å². The Bertz CT molecular complexity index is 659. The minimum atomic E-state index is -0.507. The first-order chi connectivity index (χ1) is 10.1. The summed E-state index contributed by atoms with van der Waals surface area (Å²) in [5.41, 5.74) is 0.857. The van der Waals surface area contributed by atoms with Gasteiger partial charge in [-0.25, -0.2) is 4.79 Å². The molecular formula is C14H13N3O4. The molecule has 0 saturated heterocycles. The maximum Gasteiger partial charge on any atom is 0.323 e. The first kappa shape index (κ1) is 14.3. The fourth-order valence-electron chi connectivity index (χ4n) is 1.68. The highest BCUT2D eigenvalue weighted by molar-refractivity contribution is 6.00. The lowest BCUT2D eigenvalue weighted by atomic mass is 10.2. The zero-order valence-electron chi connectivity index (χ0n) is 11.2. The Labute approximate surface area is 120 Å². The molecule has 0 aliphatic carbocycles. The van der Waals surface area contributed by atoms with E-state index in [1.807, 2.05) is 0 Å². The lowest BCUT2D eigenvalue weighted by molar-refractivity contribution is 0.112. The number of hydrogen-bond donors (Lipinski definition) is 3. The Kier molecular flexibility index (Phi) is 4.35. The third-order valence-electron chi connectivity index (χ3n) is 2.63. The maximum atomic E-state index is 11.8. The van der Waals surface area contributed by atoms with Crippen molar-refractivity contribution in [1.82, 2.24) is 4.98 Å². The number of urea groups is 1. The van der Waals surface area contributed by atoms with E-state index in [0.29, 0.717) is 17.7 Å². The number of aromatic hydroxyl groups is 1. The smallest absolute Gasteiger partial charge is 0.323 e. The van der Waals surface area contributed by atoms with Gasteiger partial charge in [-0.05, 0) is 18.2 Å². The SMILES string of the molecule is COc1cc(NC(=O)Nc2cccnc2)cc(C=O)c1O. The Morgan fingerprint density at radius 2 is 2.10 bits per heavy atom. The van der Waals surface area contributed by atoms with Gasteiger partial charge >= 0.3 is 6.03 Å². The number of methoxy groups -OCH3 is 1. The van der Waals surface area contributed by atoms with Crippen molar-refractivity contribution in [3.8, 4) is 11.5 Å². The van der Waals surface area contributed by atoms with E-state index >= 15 is 0 Å². The van der Waals surface area contributed by atoms with Gasteiger partial charge in [0, 0.05) is 18.0 Å². The van der Waals surface area contributed by atoms with Crippen LogP contribution in [0, 0.1) is 0 Å². The van der Waals surface area contributed by atoms with Gasteiger partial charge in [-0.1, -0.05) is 0 Å². The molecule has 0 radical (unpaired) electrons. The van der Waals surface area contributed by atoms with Gasteiger partial charge in [0.05, 0.1) is 24.6 Å². The highest BCUT2D eigenvalue weighted by Crippen LogP contribution is 2.32. The molecule has 0 saturated carbocycles. The Morgan fingerprint density at radius 3 is 2.71 bits per heavy atom. The topological polar surface area (TPSA) is 101 Å². The van der Waals surface area contributed by atoms with Gasteiger partial charge in [0.15, 0.2) is 17.8 Å². The molecule has 7 nitrogen and oxygen atoms in total. The number of nitrogens with zero attached hydrogens (tertiary/aromatic N) is 1. The Hall–Kier alpha value is -3.09. The summed E-state index contributed by atoms with van der Waals surface area (Å²) in [6.07, 6.45) is 3.56. The van der Waals surface area contributed by atoms with Gasteiger partial charge in [0.25, 0.3) is 0 Å². The van der Waals surface area contributed by atoms with Crippen LogP contribution in [-0.4, -0.2) is 29.5 Å². The molecule has 0 aliphatic rings. The zero-order chi connectivity index (χ0) is 15.2. The molecule has 3 N–H and O–H groups in total. The predicted molar refractivity (Wildman–Crippen MR) is 76.9 cm³/mol. The highest BCUT2D eigenvalue weighted by Gasteiger charge is 2.11. The Balaban J connectivity index is 2.15. The van der Waals surface area contributed by atoms with Crippen molar-refractivity contribution in [2.24, 2.45) is 0 Å². The number of pyridine rings is 1. The number of aromatic nitrogens is 1. The Morgan fingerprint density at radius 1 is 1.33 bits per heavy atom. The fraction of sp³-hybridized carbons (Fsp3) is 0.0714. The lowest BCUT2D eigenvalue weighted by Crippen LogP contribution is -2.19. The molecule has 0 fully saturated rings. The van der Waals surface area contributed by atoms with Crippen LogP contribution in [0.2, 0.25) is 0 Å². The second kappa shape index (κ2) is 6.38. The second-order valence-corrected chi connectivity index (χ2v) is 4.06. The van der Waals surface area contributed by atoms with Crippen LogP contribution < -0.4 is 15.4 Å². The van der Waals surface area contributed by atoms with Gasteiger partial charge in [-0.15, -0.1) is 0 Å². The van der Waals surface area contributed by atoms with Crippen LogP contribution in [0.4, 0.5) is 16.2 Å². The van der Waals surface area contributed by atoms with Crippen LogP contribution in [-0.2, 0) is 0 Å². The summed E-state index contributed by atoms with van der Waals surface area (Å²) in [6, 6.07) is 5.61. The molecule has 2 aromatic rings. The van der Waals surface area contributed by atoms with Crippen LogP contribution in [0.5, 0.6) is 11.5 Å². The minimum Gasteiger partial charge on any atom is -0.504 e. The number of phenols is 1. The van der Waals surface area contributed by atoms with Gasteiger partial charge in [0.2, 0.25) is 0 Å². The van der Waals surface area contributed by atoms with Crippen LogP contribution in [0.15, 0.2) is 36.7 Å². The molecule has 0 atom stereocenters. The number of rotatable bonds is 4. The quantitative estimate of drug-likeness (QED) is 0.591. The zero-order valence-corrected chi connectivity index (χ0v) is 11.2.